The SMILES string of the molecule is NCC(c1cc(F)c(F)cc1F)N1CC2CCCC2C1. The molecule has 0 amide bonds. The molecule has 3 atom stereocenters. The van der Waals surface area contributed by atoms with Crippen molar-refractivity contribution in [2.45, 2.75) is 25.3 Å². The molecule has 1 saturated heterocycles. The second-order valence-corrected chi connectivity index (χ2v) is 5.94. The number of halogens is 3. The van der Waals surface area contributed by atoms with Gasteiger partial charge in [0.15, 0.2) is 11.6 Å². The molecule has 2 nitrogen and oxygen atoms in total. The topological polar surface area (TPSA) is 29.3 Å². The molecule has 2 aliphatic rings. The number of hydrogen-bond acceptors (Lipinski definition) is 2. The van der Waals surface area contributed by atoms with Gasteiger partial charge in [-0.2, -0.15) is 0 Å². The molecule has 0 bridgehead atoms. The monoisotopic (exact) mass is 284 g/mol. The van der Waals surface area contributed by atoms with Crippen molar-refractivity contribution in [1.29, 1.82) is 0 Å². The van der Waals surface area contributed by atoms with Gasteiger partial charge in [-0.3, -0.25) is 4.90 Å². The highest BCUT2D eigenvalue weighted by molar-refractivity contribution is 5.24. The molecule has 110 valence electrons. The fourth-order valence-electron chi connectivity index (χ4n) is 3.79. The molecule has 1 aliphatic carbocycles. The number of benzene rings is 1. The van der Waals surface area contributed by atoms with Gasteiger partial charge in [-0.25, -0.2) is 13.2 Å². The van der Waals surface area contributed by atoms with Crippen LogP contribution in [-0.4, -0.2) is 24.5 Å². The van der Waals surface area contributed by atoms with E-state index in [0.717, 1.165) is 19.2 Å². The maximum atomic E-state index is 13.9. The zero-order valence-electron chi connectivity index (χ0n) is 11.3. The van der Waals surface area contributed by atoms with Crippen molar-refractivity contribution in [3.05, 3.63) is 35.1 Å². The van der Waals surface area contributed by atoms with Crippen LogP contribution in [0.1, 0.15) is 30.9 Å². The molecular formula is C15H19F3N2. The van der Waals surface area contributed by atoms with Gasteiger partial charge < -0.3 is 5.73 Å². The number of nitrogens with two attached hydrogens (primary N) is 1. The van der Waals surface area contributed by atoms with Gasteiger partial charge in [-0.05, 0) is 30.7 Å². The summed E-state index contributed by atoms with van der Waals surface area (Å²) in [5.74, 6) is -1.58. The fraction of sp³-hybridized carbons (Fsp3) is 0.600. The molecule has 0 aromatic heterocycles. The van der Waals surface area contributed by atoms with E-state index in [1.54, 1.807) is 0 Å². The zero-order chi connectivity index (χ0) is 14.3. The lowest BCUT2D eigenvalue weighted by Crippen LogP contribution is -2.33. The molecule has 1 aliphatic heterocycles. The second kappa shape index (κ2) is 5.37. The molecule has 20 heavy (non-hydrogen) atoms. The van der Waals surface area contributed by atoms with Crippen molar-refractivity contribution in [2.75, 3.05) is 19.6 Å². The predicted octanol–water partition coefficient (Wildman–Crippen LogP) is 2.84. The Morgan fingerprint density at radius 2 is 1.65 bits per heavy atom. The summed E-state index contributed by atoms with van der Waals surface area (Å²) in [5.41, 5.74) is 5.94. The van der Waals surface area contributed by atoms with E-state index in [2.05, 4.69) is 4.90 Å². The van der Waals surface area contributed by atoms with Crippen LogP contribution in [0.5, 0.6) is 0 Å². The normalized spacial score (nSPS) is 27.8. The Kier molecular flexibility index (Phi) is 3.73. The Bertz CT molecular complexity index is 494. The van der Waals surface area contributed by atoms with Gasteiger partial charge in [0.2, 0.25) is 0 Å². The Balaban J connectivity index is 1.85. The summed E-state index contributed by atoms with van der Waals surface area (Å²) in [6.07, 6.45) is 3.67. The van der Waals surface area contributed by atoms with E-state index in [0.29, 0.717) is 17.9 Å². The quantitative estimate of drug-likeness (QED) is 0.865. The maximum Gasteiger partial charge on any atom is 0.161 e. The third-order valence-corrected chi connectivity index (χ3v) is 4.82. The Morgan fingerprint density at radius 3 is 2.25 bits per heavy atom. The van der Waals surface area contributed by atoms with Gasteiger partial charge in [0.1, 0.15) is 5.82 Å². The first-order valence-corrected chi connectivity index (χ1v) is 7.18. The summed E-state index contributed by atoms with van der Waals surface area (Å²) in [5, 5.41) is 0. The predicted molar refractivity (Wildman–Crippen MR) is 70.5 cm³/mol. The summed E-state index contributed by atoms with van der Waals surface area (Å²) >= 11 is 0. The van der Waals surface area contributed by atoms with Crippen molar-refractivity contribution in [2.24, 2.45) is 17.6 Å². The molecule has 1 heterocycles. The third kappa shape index (κ3) is 2.33. The van der Waals surface area contributed by atoms with Crippen LogP contribution >= 0.6 is 0 Å². The van der Waals surface area contributed by atoms with E-state index in [9.17, 15) is 13.2 Å². The van der Waals surface area contributed by atoms with Gasteiger partial charge in [0, 0.05) is 31.3 Å². The summed E-state index contributed by atoms with van der Waals surface area (Å²) in [4.78, 5) is 2.13. The van der Waals surface area contributed by atoms with Crippen molar-refractivity contribution in [3.8, 4) is 0 Å². The molecule has 3 rings (SSSR count). The largest absolute Gasteiger partial charge is 0.329 e. The van der Waals surface area contributed by atoms with Crippen LogP contribution in [0.15, 0.2) is 12.1 Å². The molecule has 5 heteroatoms. The van der Waals surface area contributed by atoms with E-state index in [1.165, 1.54) is 19.3 Å². The van der Waals surface area contributed by atoms with Crippen LogP contribution in [0.2, 0.25) is 0 Å². The molecule has 1 aromatic carbocycles. The average molecular weight is 284 g/mol. The second-order valence-electron chi connectivity index (χ2n) is 5.94. The van der Waals surface area contributed by atoms with E-state index in [1.807, 2.05) is 0 Å². The lowest BCUT2D eigenvalue weighted by atomic mass is 10.0. The number of rotatable bonds is 3. The van der Waals surface area contributed by atoms with Crippen LogP contribution in [0, 0.1) is 29.3 Å². The van der Waals surface area contributed by atoms with Crippen LogP contribution in [0.25, 0.3) is 0 Å². The minimum absolute atomic E-state index is 0.173. The Hall–Kier alpha value is -1.07. The van der Waals surface area contributed by atoms with Crippen LogP contribution in [-0.2, 0) is 0 Å². The van der Waals surface area contributed by atoms with E-state index in [4.69, 9.17) is 5.73 Å². The first-order chi connectivity index (χ1) is 9.60. The fourth-order valence-corrected chi connectivity index (χ4v) is 3.79. The van der Waals surface area contributed by atoms with Crippen molar-refractivity contribution < 1.29 is 13.2 Å². The summed E-state index contributed by atoms with van der Waals surface area (Å²) in [6.45, 7) is 1.97. The van der Waals surface area contributed by atoms with E-state index < -0.39 is 17.5 Å². The molecule has 1 aromatic rings. The number of hydrogen-bond donors (Lipinski definition) is 1. The summed E-state index contributed by atoms with van der Waals surface area (Å²) < 4.78 is 40.3. The molecular weight excluding hydrogens is 265 g/mol. The van der Waals surface area contributed by atoms with Gasteiger partial charge >= 0.3 is 0 Å². The van der Waals surface area contributed by atoms with Crippen LogP contribution in [0.4, 0.5) is 13.2 Å². The molecule has 0 radical (unpaired) electrons. The van der Waals surface area contributed by atoms with Crippen molar-refractivity contribution >= 4 is 0 Å². The highest BCUT2D eigenvalue weighted by Gasteiger charge is 2.39. The zero-order valence-corrected chi connectivity index (χ0v) is 11.3. The minimum atomic E-state index is -1.15. The summed E-state index contributed by atoms with van der Waals surface area (Å²) in [6, 6.07) is 1.20. The average Bonchev–Trinajstić information content (AvgIpc) is 2.97. The van der Waals surface area contributed by atoms with Crippen molar-refractivity contribution in [1.82, 2.24) is 4.90 Å². The van der Waals surface area contributed by atoms with Gasteiger partial charge in [-0.15, -0.1) is 0 Å². The molecule has 3 unspecified atom stereocenters. The molecule has 2 fully saturated rings. The molecule has 1 saturated carbocycles. The highest BCUT2D eigenvalue weighted by atomic mass is 19.2. The smallest absolute Gasteiger partial charge is 0.161 e. The minimum Gasteiger partial charge on any atom is -0.329 e. The van der Waals surface area contributed by atoms with Gasteiger partial charge in [0.25, 0.3) is 0 Å². The van der Waals surface area contributed by atoms with Gasteiger partial charge in [-0.1, -0.05) is 6.42 Å². The van der Waals surface area contributed by atoms with Crippen LogP contribution in [0.3, 0.4) is 0 Å². The Morgan fingerprint density at radius 1 is 1.05 bits per heavy atom. The standard InChI is InChI=1S/C15H19F3N2/c16-12-5-14(18)13(17)4-11(12)15(6-19)20-7-9-2-1-3-10(9)8-20/h4-5,9-10,15H,1-3,6-8,19H2. The molecule has 2 N–H and O–H groups in total. The first-order valence-electron chi connectivity index (χ1n) is 7.18. The Labute approximate surface area is 116 Å². The molecule has 0 spiro atoms. The lowest BCUT2D eigenvalue weighted by Gasteiger charge is -2.28. The van der Waals surface area contributed by atoms with E-state index >= 15 is 0 Å². The summed E-state index contributed by atoms with van der Waals surface area (Å²) in [7, 11) is 0. The highest BCUT2D eigenvalue weighted by Crippen LogP contribution is 2.41. The van der Waals surface area contributed by atoms with Gasteiger partial charge in [0.05, 0.1) is 6.04 Å². The number of likely N-dealkylation sites (tertiary alicyclic amines) is 1. The number of fused-ring (bicyclic) bond motifs is 1. The first kappa shape index (κ1) is 13.9. The van der Waals surface area contributed by atoms with Crippen LogP contribution < -0.4 is 5.73 Å². The third-order valence-electron chi connectivity index (χ3n) is 4.82. The maximum absolute atomic E-state index is 13.9. The van der Waals surface area contributed by atoms with Crippen molar-refractivity contribution in [3.63, 3.8) is 0 Å². The number of nitrogens with zero attached hydrogens (tertiary/aromatic N) is 1. The lowest BCUT2D eigenvalue weighted by molar-refractivity contribution is 0.226. The van der Waals surface area contributed by atoms with E-state index in [-0.39, 0.29) is 18.2 Å².